The molecule has 0 radical (unpaired) electrons. The normalized spacial score (nSPS) is 10.4. The monoisotopic (exact) mass is 325 g/mol. The Bertz CT molecular complexity index is 575. The second-order valence-electron chi connectivity index (χ2n) is 4.85. The minimum atomic E-state index is -0.508. The Hall–Kier alpha value is -2.09. The van der Waals surface area contributed by atoms with Crippen LogP contribution < -0.4 is 10.6 Å². The number of nitrogens with one attached hydrogen (secondary N) is 2. The maximum atomic E-state index is 11.9. The van der Waals surface area contributed by atoms with Gasteiger partial charge in [0, 0.05) is 30.6 Å². The maximum absolute atomic E-state index is 11.9. The molecule has 0 unspecified atom stereocenters. The summed E-state index contributed by atoms with van der Waals surface area (Å²) in [5, 5.41) is 16.3. The fourth-order valence-corrected chi connectivity index (χ4v) is 2.19. The van der Waals surface area contributed by atoms with Gasteiger partial charge in [0.05, 0.1) is 9.82 Å². The van der Waals surface area contributed by atoms with Gasteiger partial charge in [-0.3, -0.25) is 19.7 Å². The molecule has 0 aliphatic carbocycles. The molecule has 0 saturated carbocycles. The Morgan fingerprint density at radius 1 is 1.27 bits per heavy atom. The Kier molecular flexibility index (Phi) is 6.84. The van der Waals surface area contributed by atoms with E-state index in [2.05, 4.69) is 10.6 Å². The molecular weight excluding hydrogens is 306 g/mol. The summed E-state index contributed by atoms with van der Waals surface area (Å²) in [5.74, 6) is -0.610. The number of thioether (sulfide) groups is 1. The summed E-state index contributed by atoms with van der Waals surface area (Å²) in [5.41, 5.74) is 0.132. The first kappa shape index (κ1) is 18.0. The largest absolute Gasteiger partial charge is 0.354 e. The van der Waals surface area contributed by atoms with E-state index in [-0.39, 0.29) is 29.6 Å². The fourth-order valence-electron chi connectivity index (χ4n) is 1.64. The SMILES string of the molecule is CSc1ccc(C(=O)NCCNC(=O)C(C)C)cc1[N+](=O)[O-]. The van der Waals surface area contributed by atoms with E-state index in [0.717, 1.165) is 0 Å². The third kappa shape index (κ3) is 5.03. The van der Waals surface area contributed by atoms with Crippen LogP contribution in [0.25, 0.3) is 0 Å². The van der Waals surface area contributed by atoms with Gasteiger partial charge in [-0.25, -0.2) is 0 Å². The van der Waals surface area contributed by atoms with Crippen molar-refractivity contribution in [2.75, 3.05) is 19.3 Å². The molecule has 22 heavy (non-hydrogen) atoms. The zero-order valence-corrected chi connectivity index (χ0v) is 13.5. The summed E-state index contributed by atoms with van der Waals surface area (Å²) in [4.78, 5) is 34.3. The minimum absolute atomic E-state index is 0.0887. The van der Waals surface area contributed by atoms with Crippen LogP contribution in [0.2, 0.25) is 0 Å². The molecular formula is C14H19N3O4S. The molecule has 2 amide bonds. The van der Waals surface area contributed by atoms with E-state index in [1.54, 1.807) is 32.2 Å². The second-order valence-corrected chi connectivity index (χ2v) is 5.69. The number of amides is 2. The van der Waals surface area contributed by atoms with Gasteiger partial charge in [0.2, 0.25) is 5.91 Å². The summed E-state index contributed by atoms with van der Waals surface area (Å²) in [6.45, 7) is 4.13. The first-order valence-electron chi connectivity index (χ1n) is 6.75. The van der Waals surface area contributed by atoms with Crippen LogP contribution in [0.1, 0.15) is 24.2 Å². The molecule has 0 fully saturated rings. The molecule has 0 saturated heterocycles. The van der Waals surface area contributed by atoms with E-state index in [0.29, 0.717) is 11.4 Å². The number of carbonyl (C=O) groups excluding carboxylic acids is 2. The predicted molar refractivity (Wildman–Crippen MR) is 85.1 cm³/mol. The Morgan fingerprint density at radius 3 is 2.45 bits per heavy atom. The molecule has 0 spiro atoms. The molecule has 0 aromatic heterocycles. The highest BCUT2D eigenvalue weighted by atomic mass is 32.2. The van der Waals surface area contributed by atoms with Gasteiger partial charge < -0.3 is 10.6 Å². The number of nitro groups is 1. The molecule has 1 rings (SSSR count). The van der Waals surface area contributed by atoms with Crippen molar-refractivity contribution in [1.29, 1.82) is 0 Å². The van der Waals surface area contributed by atoms with Crippen molar-refractivity contribution in [3.05, 3.63) is 33.9 Å². The zero-order valence-electron chi connectivity index (χ0n) is 12.7. The van der Waals surface area contributed by atoms with Crippen molar-refractivity contribution >= 4 is 29.3 Å². The van der Waals surface area contributed by atoms with Gasteiger partial charge in [-0.2, -0.15) is 0 Å². The van der Waals surface area contributed by atoms with E-state index in [9.17, 15) is 19.7 Å². The number of hydrogen-bond donors (Lipinski definition) is 2. The molecule has 0 aliphatic rings. The summed E-state index contributed by atoms with van der Waals surface area (Å²) in [6.07, 6.45) is 1.74. The Balaban J connectivity index is 2.61. The van der Waals surface area contributed by atoms with Gasteiger partial charge in [0.15, 0.2) is 0 Å². The van der Waals surface area contributed by atoms with E-state index in [1.165, 1.54) is 17.8 Å². The summed E-state index contributed by atoms with van der Waals surface area (Å²) in [7, 11) is 0. The number of benzene rings is 1. The van der Waals surface area contributed by atoms with Crippen LogP contribution in [0.5, 0.6) is 0 Å². The lowest BCUT2D eigenvalue weighted by Crippen LogP contribution is -2.36. The molecule has 0 atom stereocenters. The number of hydrogen-bond acceptors (Lipinski definition) is 5. The van der Waals surface area contributed by atoms with Crippen LogP contribution >= 0.6 is 11.8 Å². The molecule has 120 valence electrons. The molecule has 2 N–H and O–H groups in total. The van der Waals surface area contributed by atoms with Crippen molar-refractivity contribution in [1.82, 2.24) is 10.6 Å². The van der Waals surface area contributed by atoms with Gasteiger partial charge in [-0.15, -0.1) is 11.8 Å². The lowest BCUT2D eigenvalue weighted by Gasteiger charge is -2.09. The van der Waals surface area contributed by atoms with Gasteiger partial charge in [0.1, 0.15) is 0 Å². The summed E-state index contributed by atoms with van der Waals surface area (Å²) < 4.78 is 0. The number of nitrogens with zero attached hydrogens (tertiary/aromatic N) is 1. The highest BCUT2D eigenvalue weighted by Crippen LogP contribution is 2.28. The van der Waals surface area contributed by atoms with Gasteiger partial charge in [-0.05, 0) is 18.4 Å². The van der Waals surface area contributed by atoms with Crippen LogP contribution in [0.4, 0.5) is 5.69 Å². The zero-order chi connectivity index (χ0) is 16.7. The molecule has 0 bridgehead atoms. The Morgan fingerprint density at radius 2 is 1.91 bits per heavy atom. The second kappa shape index (κ2) is 8.38. The summed E-state index contributed by atoms with van der Waals surface area (Å²) >= 11 is 1.25. The van der Waals surface area contributed by atoms with Crippen molar-refractivity contribution < 1.29 is 14.5 Å². The summed E-state index contributed by atoms with van der Waals surface area (Å²) in [6, 6.07) is 4.35. The topological polar surface area (TPSA) is 101 Å². The van der Waals surface area contributed by atoms with Crippen molar-refractivity contribution in [2.24, 2.45) is 5.92 Å². The quantitative estimate of drug-likeness (QED) is 0.345. The molecule has 1 aromatic carbocycles. The highest BCUT2D eigenvalue weighted by Gasteiger charge is 2.16. The molecule has 0 heterocycles. The van der Waals surface area contributed by atoms with Crippen molar-refractivity contribution in [2.45, 2.75) is 18.7 Å². The Labute approximate surface area is 133 Å². The maximum Gasteiger partial charge on any atom is 0.283 e. The smallest absolute Gasteiger partial charge is 0.283 e. The predicted octanol–water partition coefficient (Wildman–Crippen LogP) is 1.82. The van der Waals surface area contributed by atoms with Crippen LogP contribution in [0, 0.1) is 16.0 Å². The van der Waals surface area contributed by atoms with Gasteiger partial charge >= 0.3 is 0 Å². The van der Waals surface area contributed by atoms with E-state index < -0.39 is 10.8 Å². The lowest BCUT2D eigenvalue weighted by atomic mass is 10.2. The van der Waals surface area contributed by atoms with Crippen LogP contribution in [-0.2, 0) is 4.79 Å². The lowest BCUT2D eigenvalue weighted by molar-refractivity contribution is -0.387. The van der Waals surface area contributed by atoms with Gasteiger partial charge in [-0.1, -0.05) is 13.8 Å². The van der Waals surface area contributed by atoms with E-state index in [4.69, 9.17) is 0 Å². The number of rotatable bonds is 7. The molecule has 7 nitrogen and oxygen atoms in total. The third-order valence-electron chi connectivity index (χ3n) is 2.87. The van der Waals surface area contributed by atoms with Crippen LogP contribution in [-0.4, -0.2) is 36.1 Å². The first-order chi connectivity index (χ1) is 10.4. The average molecular weight is 325 g/mol. The number of nitro benzene ring substituents is 1. The van der Waals surface area contributed by atoms with Gasteiger partial charge in [0.25, 0.3) is 11.6 Å². The number of carbonyl (C=O) groups is 2. The van der Waals surface area contributed by atoms with E-state index >= 15 is 0 Å². The van der Waals surface area contributed by atoms with Crippen LogP contribution in [0.15, 0.2) is 23.1 Å². The van der Waals surface area contributed by atoms with E-state index in [1.807, 2.05) is 0 Å². The third-order valence-corrected chi connectivity index (χ3v) is 3.66. The molecule has 8 heteroatoms. The molecule has 1 aromatic rings. The minimum Gasteiger partial charge on any atom is -0.354 e. The fraction of sp³-hybridized carbons (Fsp3) is 0.429. The van der Waals surface area contributed by atoms with Crippen LogP contribution in [0.3, 0.4) is 0 Å². The van der Waals surface area contributed by atoms with Crippen molar-refractivity contribution in [3.63, 3.8) is 0 Å². The van der Waals surface area contributed by atoms with Crippen molar-refractivity contribution in [3.8, 4) is 0 Å². The average Bonchev–Trinajstić information content (AvgIpc) is 2.50. The highest BCUT2D eigenvalue weighted by molar-refractivity contribution is 7.98. The first-order valence-corrected chi connectivity index (χ1v) is 7.97. The standard InChI is InChI=1S/C14H19N3O4S/c1-9(2)13(18)15-6-7-16-14(19)10-4-5-12(22-3)11(8-10)17(20)21/h4-5,8-9H,6-7H2,1-3H3,(H,15,18)(H,16,19). The molecule has 0 aliphatic heterocycles.